The number of halogens is 2. The summed E-state index contributed by atoms with van der Waals surface area (Å²) in [7, 11) is 0. The van der Waals surface area contributed by atoms with Crippen molar-refractivity contribution in [1.29, 1.82) is 0 Å². The van der Waals surface area contributed by atoms with Crippen LogP contribution < -0.4 is 0 Å². The van der Waals surface area contributed by atoms with Gasteiger partial charge in [-0.25, -0.2) is 14.5 Å². The van der Waals surface area contributed by atoms with E-state index in [0.29, 0.717) is 38.8 Å². The summed E-state index contributed by atoms with van der Waals surface area (Å²) in [6.45, 7) is 5.36. The fraction of sp³-hybridized carbons (Fsp3) is 0.182. The summed E-state index contributed by atoms with van der Waals surface area (Å²) in [5.74, 6) is 0.392. The van der Waals surface area contributed by atoms with Gasteiger partial charge in [0.15, 0.2) is 5.69 Å². The topological polar surface area (TPSA) is 83.0 Å². The molecule has 2 aromatic heterocycles. The van der Waals surface area contributed by atoms with E-state index in [1.165, 1.54) is 0 Å². The molecule has 0 fully saturated rings. The Bertz CT molecular complexity index is 1260. The van der Waals surface area contributed by atoms with Gasteiger partial charge in [-0.15, -0.1) is 5.10 Å². The predicted molar refractivity (Wildman–Crippen MR) is 117 cm³/mol. The van der Waals surface area contributed by atoms with Gasteiger partial charge in [0, 0.05) is 15.6 Å². The minimum absolute atomic E-state index is 0.0512. The molecule has 0 aliphatic rings. The summed E-state index contributed by atoms with van der Waals surface area (Å²) in [4.78, 5) is 17.0. The van der Waals surface area contributed by atoms with Crippen LogP contribution in [0.15, 0.2) is 46.9 Å². The van der Waals surface area contributed by atoms with Crippen LogP contribution in [0.4, 0.5) is 0 Å². The zero-order valence-corrected chi connectivity index (χ0v) is 18.5. The van der Waals surface area contributed by atoms with Crippen molar-refractivity contribution in [3.63, 3.8) is 0 Å². The number of nitrogens with zero attached hydrogens (tertiary/aromatic N) is 4. The van der Waals surface area contributed by atoms with E-state index in [0.717, 1.165) is 11.1 Å². The summed E-state index contributed by atoms with van der Waals surface area (Å²) < 4.78 is 12.7. The van der Waals surface area contributed by atoms with E-state index < -0.39 is 5.97 Å². The molecule has 0 atom stereocenters. The highest BCUT2D eigenvalue weighted by atomic mass is 35.5. The number of aryl methyl sites for hydroxylation is 2. The fourth-order valence-corrected chi connectivity index (χ4v) is 3.26. The Morgan fingerprint density at radius 1 is 1.10 bits per heavy atom. The van der Waals surface area contributed by atoms with Crippen molar-refractivity contribution in [2.24, 2.45) is 0 Å². The lowest BCUT2D eigenvalue weighted by atomic mass is 10.2. The average molecular weight is 457 g/mol. The highest BCUT2D eigenvalue weighted by Crippen LogP contribution is 2.24. The zero-order valence-electron chi connectivity index (χ0n) is 17.0. The van der Waals surface area contributed by atoms with Gasteiger partial charge in [-0.1, -0.05) is 34.5 Å². The molecule has 0 amide bonds. The lowest BCUT2D eigenvalue weighted by Gasteiger charge is -2.06. The minimum atomic E-state index is -0.600. The lowest BCUT2D eigenvalue weighted by molar-refractivity contribution is 0.0459. The molecule has 0 saturated heterocycles. The molecular weight excluding hydrogens is 439 g/mol. The first kappa shape index (κ1) is 21.1. The maximum atomic E-state index is 12.6. The third-order valence-electron chi connectivity index (χ3n) is 4.81. The largest absolute Gasteiger partial charge is 0.454 e. The Kier molecular flexibility index (Phi) is 5.80. The van der Waals surface area contributed by atoms with Gasteiger partial charge in [-0.2, -0.15) is 0 Å². The number of hydrogen-bond donors (Lipinski definition) is 0. The molecule has 4 rings (SSSR count). The van der Waals surface area contributed by atoms with E-state index >= 15 is 0 Å². The van der Waals surface area contributed by atoms with Crippen molar-refractivity contribution in [1.82, 2.24) is 20.0 Å². The second-order valence-corrected chi connectivity index (χ2v) is 7.82. The molecular formula is C22H18Cl2N4O3. The molecule has 0 aliphatic carbocycles. The Hall–Kier alpha value is -3.16. The van der Waals surface area contributed by atoms with Crippen molar-refractivity contribution in [2.75, 3.05) is 0 Å². The third-order valence-corrected chi connectivity index (χ3v) is 5.47. The van der Waals surface area contributed by atoms with Gasteiger partial charge in [-0.3, -0.25) is 0 Å². The monoisotopic (exact) mass is 456 g/mol. The van der Waals surface area contributed by atoms with Crippen LogP contribution in [-0.2, 0) is 11.3 Å². The molecule has 4 aromatic rings. The Labute approximate surface area is 188 Å². The molecule has 0 N–H and O–H groups in total. The van der Waals surface area contributed by atoms with Crippen molar-refractivity contribution < 1.29 is 13.9 Å². The van der Waals surface area contributed by atoms with Crippen molar-refractivity contribution in [3.8, 4) is 17.1 Å². The van der Waals surface area contributed by atoms with Crippen molar-refractivity contribution in [3.05, 3.63) is 80.9 Å². The van der Waals surface area contributed by atoms with Crippen molar-refractivity contribution in [2.45, 2.75) is 27.4 Å². The first-order chi connectivity index (χ1) is 14.8. The molecule has 31 heavy (non-hydrogen) atoms. The number of rotatable bonds is 5. The standard InChI is InChI=1S/C22H18Cl2N4O3/c1-12-4-9-17(10-18(12)24)28-13(2)20(26-27-28)22(29)30-11-19-14(3)31-21(25-19)15-5-7-16(23)8-6-15/h4-10H,11H2,1-3H3. The van der Waals surface area contributed by atoms with Gasteiger partial charge in [0.2, 0.25) is 5.89 Å². The summed E-state index contributed by atoms with van der Waals surface area (Å²) >= 11 is 12.1. The quantitative estimate of drug-likeness (QED) is 0.368. The fourth-order valence-electron chi connectivity index (χ4n) is 2.96. The van der Waals surface area contributed by atoms with E-state index in [-0.39, 0.29) is 12.3 Å². The number of esters is 1. The van der Waals surface area contributed by atoms with Crippen LogP contribution in [0, 0.1) is 20.8 Å². The van der Waals surface area contributed by atoms with Crippen LogP contribution in [0.2, 0.25) is 10.0 Å². The van der Waals surface area contributed by atoms with Crippen LogP contribution in [-0.4, -0.2) is 25.9 Å². The van der Waals surface area contributed by atoms with Crippen LogP contribution in [0.5, 0.6) is 0 Å². The first-order valence-corrected chi connectivity index (χ1v) is 10.2. The normalized spacial score (nSPS) is 11.0. The smallest absolute Gasteiger partial charge is 0.361 e. The zero-order chi connectivity index (χ0) is 22.1. The molecule has 0 spiro atoms. The van der Waals surface area contributed by atoms with Crippen molar-refractivity contribution >= 4 is 29.2 Å². The maximum absolute atomic E-state index is 12.6. The molecule has 7 nitrogen and oxygen atoms in total. The minimum Gasteiger partial charge on any atom is -0.454 e. The Balaban J connectivity index is 1.49. The van der Waals surface area contributed by atoms with Crippen LogP contribution in [0.25, 0.3) is 17.1 Å². The second-order valence-electron chi connectivity index (χ2n) is 6.97. The lowest BCUT2D eigenvalue weighted by Crippen LogP contribution is -2.09. The first-order valence-electron chi connectivity index (χ1n) is 9.41. The SMILES string of the molecule is Cc1ccc(-n2nnc(C(=O)OCc3nc(-c4ccc(Cl)cc4)oc3C)c2C)cc1Cl. The number of oxazole rings is 1. The molecule has 0 saturated carbocycles. The second kappa shape index (κ2) is 8.53. The predicted octanol–water partition coefficient (Wildman–Crippen LogP) is 5.51. The summed E-state index contributed by atoms with van der Waals surface area (Å²) in [6.07, 6.45) is 0. The van der Waals surface area contributed by atoms with Gasteiger partial charge >= 0.3 is 5.97 Å². The molecule has 0 unspecified atom stereocenters. The van der Waals surface area contributed by atoms with Crippen LogP contribution in [0.1, 0.15) is 33.2 Å². The number of benzene rings is 2. The summed E-state index contributed by atoms with van der Waals surface area (Å²) in [6, 6.07) is 12.6. The molecule has 2 heterocycles. The number of ether oxygens (including phenoxy) is 1. The molecule has 0 aliphatic heterocycles. The average Bonchev–Trinajstić information content (AvgIpc) is 3.31. The number of carbonyl (C=O) groups excluding carboxylic acids is 1. The summed E-state index contributed by atoms with van der Waals surface area (Å²) in [5.41, 5.74) is 3.62. The van der Waals surface area contributed by atoms with E-state index in [2.05, 4.69) is 15.3 Å². The number of carbonyl (C=O) groups is 1. The third kappa shape index (κ3) is 4.33. The van der Waals surface area contributed by atoms with Gasteiger partial charge in [-0.05, 0) is 62.7 Å². The summed E-state index contributed by atoms with van der Waals surface area (Å²) in [5, 5.41) is 9.27. The van der Waals surface area contributed by atoms with Crippen LogP contribution in [0.3, 0.4) is 0 Å². The Morgan fingerprint density at radius 2 is 1.84 bits per heavy atom. The van der Waals surface area contributed by atoms with Gasteiger partial charge in [0.25, 0.3) is 0 Å². The highest BCUT2D eigenvalue weighted by Gasteiger charge is 2.21. The highest BCUT2D eigenvalue weighted by molar-refractivity contribution is 6.31. The van der Waals surface area contributed by atoms with E-state index in [9.17, 15) is 4.79 Å². The van der Waals surface area contributed by atoms with Gasteiger partial charge < -0.3 is 9.15 Å². The maximum Gasteiger partial charge on any atom is 0.361 e. The van der Waals surface area contributed by atoms with Crippen LogP contribution >= 0.6 is 23.2 Å². The molecule has 9 heteroatoms. The van der Waals surface area contributed by atoms with E-state index in [1.54, 1.807) is 36.7 Å². The Morgan fingerprint density at radius 3 is 2.55 bits per heavy atom. The molecule has 158 valence electrons. The number of hydrogen-bond acceptors (Lipinski definition) is 6. The molecule has 0 radical (unpaired) electrons. The molecule has 2 aromatic carbocycles. The van der Waals surface area contributed by atoms with Gasteiger partial charge in [0.1, 0.15) is 18.1 Å². The molecule has 0 bridgehead atoms. The van der Waals surface area contributed by atoms with E-state index in [1.807, 2.05) is 31.2 Å². The number of aromatic nitrogens is 4. The van der Waals surface area contributed by atoms with E-state index in [4.69, 9.17) is 32.4 Å². The van der Waals surface area contributed by atoms with Gasteiger partial charge in [0.05, 0.1) is 11.4 Å².